The predicted molar refractivity (Wildman–Crippen MR) is 64.6 cm³/mol. The summed E-state index contributed by atoms with van der Waals surface area (Å²) in [7, 11) is 2.17. The maximum atomic E-state index is 2.23. The van der Waals surface area contributed by atoms with Crippen molar-refractivity contribution in [2.45, 2.75) is 20.2 Å². The fraction of sp³-hybridized carbons (Fsp3) is 0.231. The molecule has 2 rings (SSSR count). The van der Waals surface area contributed by atoms with Gasteiger partial charge in [-0.2, -0.15) is 0 Å². The largest absolute Gasteiger partial charge is 0.149 e. The van der Waals surface area contributed by atoms with Crippen molar-refractivity contribution < 1.29 is 0 Å². The van der Waals surface area contributed by atoms with Gasteiger partial charge in [0.1, 0.15) is 7.28 Å². The lowest BCUT2D eigenvalue weighted by Gasteiger charge is -2.08. The zero-order valence-electron chi connectivity index (χ0n) is 8.75. The molecule has 1 heteroatoms. The van der Waals surface area contributed by atoms with Crippen LogP contribution < -0.4 is 5.46 Å². The molecule has 69 valence electrons. The lowest BCUT2D eigenvalue weighted by atomic mass is 9.70. The van der Waals surface area contributed by atoms with Crippen LogP contribution in [-0.4, -0.2) is 7.28 Å². The molecule has 0 saturated heterocycles. The number of hydrogen-bond acceptors (Lipinski definition) is 0. The first kappa shape index (κ1) is 9.33. The third kappa shape index (κ3) is 1.43. The van der Waals surface area contributed by atoms with E-state index in [0.717, 1.165) is 6.42 Å². The molecule has 0 aliphatic heterocycles. The van der Waals surface area contributed by atoms with Gasteiger partial charge < -0.3 is 0 Å². The molecule has 14 heavy (non-hydrogen) atoms. The van der Waals surface area contributed by atoms with Crippen molar-refractivity contribution in [1.29, 1.82) is 0 Å². The van der Waals surface area contributed by atoms with Crippen LogP contribution in [0.15, 0.2) is 36.4 Å². The summed E-state index contributed by atoms with van der Waals surface area (Å²) in [6.07, 6.45) is 1.10. The third-order valence-electron chi connectivity index (χ3n) is 2.74. The lowest BCUT2D eigenvalue weighted by Crippen LogP contribution is -2.12. The van der Waals surface area contributed by atoms with E-state index in [1.807, 2.05) is 0 Å². The molecule has 0 unspecified atom stereocenters. The molecular weight excluding hydrogens is 167 g/mol. The molecule has 0 nitrogen and oxygen atoms in total. The van der Waals surface area contributed by atoms with E-state index in [2.05, 4.69) is 57.4 Å². The molecule has 0 aromatic heterocycles. The Labute approximate surface area is 86.2 Å². The SMILES string of the molecule is C[B]c1ccc(CC)c2ccccc12. The Bertz CT molecular complexity index is 403. The molecule has 0 bridgehead atoms. The van der Waals surface area contributed by atoms with Crippen molar-refractivity contribution in [3.63, 3.8) is 0 Å². The summed E-state index contributed by atoms with van der Waals surface area (Å²) >= 11 is 0. The molecule has 0 atom stereocenters. The Morgan fingerprint density at radius 1 is 1.00 bits per heavy atom. The molecule has 0 heterocycles. The molecule has 0 fully saturated rings. The van der Waals surface area contributed by atoms with Crippen LogP contribution in [0, 0.1) is 0 Å². The number of hydrogen-bond donors (Lipinski definition) is 0. The first-order valence-corrected chi connectivity index (χ1v) is 5.16. The first-order chi connectivity index (χ1) is 6.86. The molecule has 0 aliphatic carbocycles. The highest BCUT2D eigenvalue weighted by Gasteiger charge is 2.02. The van der Waals surface area contributed by atoms with Crippen molar-refractivity contribution in [3.8, 4) is 0 Å². The van der Waals surface area contributed by atoms with Crippen molar-refractivity contribution >= 4 is 23.5 Å². The van der Waals surface area contributed by atoms with Crippen LogP contribution in [0.1, 0.15) is 12.5 Å². The Morgan fingerprint density at radius 2 is 1.71 bits per heavy atom. The highest BCUT2D eigenvalue weighted by molar-refractivity contribution is 6.55. The standard InChI is InChI=1S/C13H14B/c1-3-10-8-9-13(14-2)12-7-5-4-6-11(10)12/h4-9H,3H2,1-2H3. The van der Waals surface area contributed by atoms with Gasteiger partial charge in [-0.15, -0.1) is 0 Å². The second-order valence-corrected chi connectivity index (χ2v) is 3.50. The third-order valence-corrected chi connectivity index (χ3v) is 2.74. The first-order valence-electron chi connectivity index (χ1n) is 5.16. The van der Waals surface area contributed by atoms with Gasteiger partial charge in [0.2, 0.25) is 0 Å². The van der Waals surface area contributed by atoms with Crippen LogP contribution in [0.25, 0.3) is 10.8 Å². The monoisotopic (exact) mass is 181 g/mol. The smallest absolute Gasteiger partial charge is 0.0872 e. The summed E-state index contributed by atoms with van der Waals surface area (Å²) in [5, 5.41) is 2.76. The molecule has 2 aromatic rings. The van der Waals surface area contributed by atoms with E-state index in [1.54, 1.807) is 0 Å². The van der Waals surface area contributed by atoms with Gasteiger partial charge in [-0.3, -0.25) is 0 Å². The van der Waals surface area contributed by atoms with Gasteiger partial charge in [0.15, 0.2) is 0 Å². The van der Waals surface area contributed by atoms with E-state index in [4.69, 9.17) is 0 Å². The second kappa shape index (κ2) is 3.87. The minimum absolute atomic E-state index is 1.10. The number of fused-ring (bicyclic) bond motifs is 1. The van der Waals surface area contributed by atoms with E-state index >= 15 is 0 Å². The van der Waals surface area contributed by atoms with Crippen LogP contribution in [0.5, 0.6) is 0 Å². The maximum Gasteiger partial charge on any atom is 0.149 e. The molecule has 1 radical (unpaired) electrons. The van der Waals surface area contributed by atoms with Crippen molar-refractivity contribution in [1.82, 2.24) is 0 Å². The Balaban J connectivity index is 2.78. The Hall–Kier alpha value is -1.24. The van der Waals surface area contributed by atoms with Gasteiger partial charge >= 0.3 is 0 Å². The average molecular weight is 181 g/mol. The Morgan fingerprint density at radius 3 is 2.36 bits per heavy atom. The minimum atomic E-state index is 1.10. The van der Waals surface area contributed by atoms with Gasteiger partial charge in [0, 0.05) is 0 Å². The van der Waals surface area contributed by atoms with Crippen LogP contribution in [-0.2, 0) is 6.42 Å². The fourth-order valence-corrected chi connectivity index (χ4v) is 1.94. The Kier molecular flexibility index (Phi) is 2.58. The maximum absolute atomic E-state index is 2.23. The van der Waals surface area contributed by atoms with Gasteiger partial charge in [-0.25, -0.2) is 0 Å². The van der Waals surface area contributed by atoms with Crippen molar-refractivity contribution in [2.24, 2.45) is 0 Å². The molecule has 0 aliphatic rings. The number of benzene rings is 2. The summed E-state index contributed by atoms with van der Waals surface area (Å²) in [5.74, 6) is 0. The summed E-state index contributed by atoms with van der Waals surface area (Å²) in [6, 6.07) is 13.1. The number of rotatable bonds is 2. The normalized spacial score (nSPS) is 10.4. The lowest BCUT2D eigenvalue weighted by molar-refractivity contribution is 1.16. The molecular formula is C13H14B. The van der Waals surface area contributed by atoms with E-state index < -0.39 is 0 Å². The average Bonchev–Trinajstić information content (AvgIpc) is 2.27. The van der Waals surface area contributed by atoms with Crippen LogP contribution in [0.2, 0.25) is 6.82 Å². The van der Waals surface area contributed by atoms with Gasteiger partial charge in [0.05, 0.1) is 0 Å². The molecule has 0 amide bonds. The quantitative estimate of drug-likeness (QED) is 0.625. The zero-order chi connectivity index (χ0) is 9.97. The van der Waals surface area contributed by atoms with Gasteiger partial charge in [-0.05, 0) is 22.8 Å². The highest BCUT2D eigenvalue weighted by Crippen LogP contribution is 2.17. The van der Waals surface area contributed by atoms with Crippen LogP contribution >= 0.6 is 0 Å². The molecule has 0 spiro atoms. The van der Waals surface area contributed by atoms with E-state index in [1.165, 1.54) is 21.8 Å². The number of aryl methyl sites for hydroxylation is 1. The summed E-state index contributed by atoms with van der Waals surface area (Å²) in [4.78, 5) is 0. The van der Waals surface area contributed by atoms with E-state index in [0.29, 0.717) is 0 Å². The van der Waals surface area contributed by atoms with Crippen LogP contribution in [0.4, 0.5) is 0 Å². The molecule has 0 saturated carbocycles. The zero-order valence-corrected chi connectivity index (χ0v) is 8.75. The van der Waals surface area contributed by atoms with Crippen molar-refractivity contribution in [3.05, 3.63) is 42.0 Å². The topological polar surface area (TPSA) is 0 Å². The highest BCUT2D eigenvalue weighted by atomic mass is 14.0. The summed E-state index contributed by atoms with van der Waals surface area (Å²) < 4.78 is 0. The summed E-state index contributed by atoms with van der Waals surface area (Å²) in [6.45, 7) is 4.30. The van der Waals surface area contributed by atoms with Crippen molar-refractivity contribution in [2.75, 3.05) is 0 Å². The van der Waals surface area contributed by atoms with E-state index in [-0.39, 0.29) is 0 Å². The molecule has 2 aromatic carbocycles. The van der Waals surface area contributed by atoms with Crippen LogP contribution in [0.3, 0.4) is 0 Å². The van der Waals surface area contributed by atoms with Gasteiger partial charge in [0.25, 0.3) is 0 Å². The second-order valence-electron chi connectivity index (χ2n) is 3.50. The summed E-state index contributed by atoms with van der Waals surface area (Å²) in [5.41, 5.74) is 2.77. The predicted octanol–water partition coefficient (Wildman–Crippen LogP) is 2.78. The molecule has 0 N–H and O–H groups in total. The fourth-order valence-electron chi connectivity index (χ4n) is 1.94. The minimum Gasteiger partial charge on any atom is -0.0872 e. The van der Waals surface area contributed by atoms with E-state index in [9.17, 15) is 0 Å². The van der Waals surface area contributed by atoms with Gasteiger partial charge in [-0.1, -0.05) is 55.6 Å².